The first-order chi connectivity index (χ1) is 8.90. The largest absolute Gasteiger partial charge is 0.405 e. The zero-order valence-electron chi connectivity index (χ0n) is 10.4. The van der Waals surface area contributed by atoms with E-state index in [2.05, 4.69) is 25.3 Å². The van der Waals surface area contributed by atoms with Crippen LogP contribution in [-0.4, -0.2) is 46.2 Å². The summed E-state index contributed by atoms with van der Waals surface area (Å²) in [6, 6.07) is 0. The Morgan fingerprint density at radius 3 is 2.74 bits per heavy atom. The molecule has 0 amide bonds. The van der Waals surface area contributed by atoms with Crippen LogP contribution < -0.4 is 10.2 Å². The van der Waals surface area contributed by atoms with Gasteiger partial charge in [0, 0.05) is 13.6 Å². The van der Waals surface area contributed by atoms with E-state index < -0.39 is 12.7 Å². The Labute approximate surface area is 107 Å². The molecule has 0 aromatic carbocycles. The van der Waals surface area contributed by atoms with Crippen LogP contribution in [0.3, 0.4) is 0 Å². The fraction of sp³-hybridized carbons (Fsp3) is 0.500. The van der Waals surface area contributed by atoms with E-state index in [4.69, 9.17) is 0 Å². The van der Waals surface area contributed by atoms with Crippen LogP contribution in [0, 0.1) is 0 Å². The molecule has 0 aliphatic rings. The van der Waals surface area contributed by atoms with Gasteiger partial charge in [0.15, 0.2) is 11.5 Å². The Hall–Kier alpha value is -2.06. The molecule has 6 nitrogen and oxygen atoms in total. The lowest BCUT2D eigenvalue weighted by atomic mass is 10.4. The highest BCUT2D eigenvalue weighted by Crippen LogP contribution is 2.25. The van der Waals surface area contributed by atoms with Gasteiger partial charge in [0.2, 0.25) is 5.95 Å². The third kappa shape index (κ3) is 3.04. The van der Waals surface area contributed by atoms with Gasteiger partial charge < -0.3 is 15.2 Å². The van der Waals surface area contributed by atoms with Crippen LogP contribution in [0.4, 0.5) is 24.9 Å². The zero-order valence-corrected chi connectivity index (χ0v) is 10.4. The maximum absolute atomic E-state index is 12.4. The van der Waals surface area contributed by atoms with Crippen molar-refractivity contribution in [2.24, 2.45) is 0 Å². The third-order valence-corrected chi connectivity index (χ3v) is 2.38. The number of aromatic nitrogens is 4. The Kier molecular flexibility index (Phi) is 3.45. The summed E-state index contributed by atoms with van der Waals surface area (Å²) in [4.78, 5) is 15.9. The predicted octanol–water partition coefficient (Wildman–Crippen LogP) is 1.78. The Morgan fingerprint density at radius 2 is 2.11 bits per heavy atom. The lowest BCUT2D eigenvalue weighted by Gasteiger charge is -2.20. The molecule has 104 valence electrons. The summed E-state index contributed by atoms with van der Waals surface area (Å²) >= 11 is 0. The standard InChI is InChI=1S/C10H13F3N6/c1-3-14-9-17-7-6(15-5-16-7)8(18-9)19(2)4-10(11,12)13/h5H,3-4H2,1-2H3,(H2,14,15,16,17,18). The lowest BCUT2D eigenvalue weighted by molar-refractivity contribution is -0.119. The second kappa shape index (κ2) is 4.90. The molecule has 2 heterocycles. The van der Waals surface area contributed by atoms with Gasteiger partial charge in [-0.1, -0.05) is 0 Å². The van der Waals surface area contributed by atoms with Crippen LogP contribution in [-0.2, 0) is 0 Å². The number of H-pyrrole nitrogens is 1. The molecule has 0 bridgehead atoms. The number of imidazole rings is 1. The number of aromatic amines is 1. The van der Waals surface area contributed by atoms with E-state index in [-0.39, 0.29) is 11.8 Å². The molecular weight excluding hydrogens is 261 g/mol. The quantitative estimate of drug-likeness (QED) is 0.889. The third-order valence-electron chi connectivity index (χ3n) is 2.38. The normalized spacial score (nSPS) is 11.8. The number of hydrogen-bond acceptors (Lipinski definition) is 5. The fourth-order valence-electron chi connectivity index (χ4n) is 1.68. The number of alkyl halides is 3. The minimum Gasteiger partial charge on any atom is -0.354 e. The van der Waals surface area contributed by atoms with Gasteiger partial charge in [-0.2, -0.15) is 23.1 Å². The fourth-order valence-corrected chi connectivity index (χ4v) is 1.68. The minimum atomic E-state index is -4.30. The van der Waals surface area contributed by atoms with Gasteiger partial charge in [-0.3, -0.25) is 0 Å². The lowest BCUT2D eigenvalue weighted by Crippen LogP contribution is -2.31. The van der Waals surface area contributed by atoms with E-state index in [9.17, 15) is 13.2 Å². The van der Waals surface area contributed by atoms with Crippen LogP contribution in [0.1, 0.15) is 6.92 Å². The monoisotopic (exact) mass is 274 g/mol. The van der Waals surface area contributed by atoms with E-state index in [1.165, 1.54) is 13.4 Å². The molecule has 2 aromatic heterocycles. The number of fused-ring (bicyclic) bond motifs is 1. The first kappa shape index (κ1) is 13.4. The van der Waals surface area contributed by atoms with E-state index in [0.717, 1.165) is 4.90 Å². The maximum atomic E-state index is 12.4. The molecule has 0 aliphatic carbocycles. The maximum Gasteiger partial charge on any atom is 0.405 e. The number of nitrogens with one attached hydrogen (secondary N) is 2. The number of anilines is 2. The van der Waals surface area contributed by atoms with Crippen molar-refractivity contribution < 1.29 is 13.2 Å². The summed E-state index contributed by atoms with van der Waals surface area (Å²) in [6.07, 6.45) is -2.93. The summed E-state index contributed by atoms with van der Waals surface area (Å²) in [6.45, 7) is 1.32. The molecule has 2 aromatic rings. The van der Waals surface area contributed by atoms with E-state index in [1.54, 1.807) is 0 Å². The van der Waals surface area contributed by atoms with Crippen molar-refractivity contribution in [3.63, 3.8) is 0 Å². The van der Waals surface area contributed by atoms with Gasteiger partial charge in [0.25, 0.3) is 0 Å². The number of rotatable bonds is 4. The summed E-state index contributed by atoms with van der Waals surface area (Å²) in [5, 5.41) is 2.86. The van der Waals surface area contributed by atoms with Crippen LogP contribution in [0.2, 0.25) is 0 Å². The predicted molar refractivity (Wildman–Crippen MR) is 65.2 cm³/mol. The van der Waals surface area contributed by atoms with Crippen LogP contribution in [0.5, 0.6) is 0 Å². The van der Waals surface area contributed by atoms with Gasteiger partial charge in [0.05, 0.1) is 6.33 Å². The second-order valence-electron chi connectivity index (χ2n) is 3.97. The Bertz CT molecular complexity index is 564. The highest BCUT2D eigenvalue weighted by atomic mass is 19.4. The highest BCUT2D eigenvalue weighted by Gasteiger charge is 2.30. The Morgan fingerprint density at radius 1 is 1.37 bits per heavy atom. The number of hydrogen-bond donors (Lipinski definition) is 2. The van der Waals surface area contributed by atoms with Gasteiger partial charge in [-0.15, -0.1) is 0 Å². The van der Waals surface area contributed by atoms with Crippen molar-refractivity contribution in [1.82, 2.24) is 19.9 Å². The second-order valence-corrected chi connectivity index (χ2v) is 3.97. The molecular formula is C10H13F3N6. The molecule has 0 saturated heterocycles. The van der Waals surface area contributed by atoms with E-state index in [1.807, 2.05) is 6.92 Å². The van der Waals surface area contributed by atoms with Crippen LogP contribution in [0.15, 0.2) is 6.33 Å². The van der Waals surface area contributed by atoms with Crippen molar-refractivity contribution in [2.45, 2.75) is 13.1 Å². The smallest absolute Gasteiger partial charge is 0.354 e. The van der Waals surface area contributed by atoms with Gasteiger partial charge >= 0.3 is 6.18 Å². The molecule has 0 aliphatic heterocycles. The Balaban J connectivity index is 2.42. The zero-order chi connectivity index (χ0) is 14.0. The van der Waals surface area contributed by atoms with Crippen molar-refractivity contribution in [2.75, 3.05) is 30.4 Å². The first-order valence-electron chi connectivity index (χ1n) is 5.63. The molecule has 0 fully saturated rings. The van der Waals surface area contributed by atoms with Crippen molar-refractivity contribution in [1.29, 1.82) is 0 Å². The summed E-state index contributed by atoms with van der Waals surface area (Å²) in [7, 11) is 1.33. The molecule has 0 spiro atoms. The van der Waals surface area contributed by atoms with Crippen molar-refractivity contribution >= 4 is 22.9 Å². The summed E-state index contributed by atoms with van der Waals surface area (Å²) < 4.78 is 37.3. The highest BCUT2D eigenvalue weighted by molar-refractivity contribution is 5.84. The first-order valence-corrected chi connectivity index (χ1v) is 5.63. The molecule has 0 atom stereocenters. The van der Waals surface area contributed by atoms with Gasteiger partial charge in [0.1, 0.15) is 12.1 Å². The minimum absolute atomic E-state index is 0.163. The topological polar surface area (TPSA) is 69.7 Å². The molecule has 0 saturated carbocycles. The average molecular weight is 274 g/mol. The SMILES string of the molecule is CCNc1nc(N(C)CC(F)(F)F)c2[nH]cnc2n1. The van der Waals surface area contributed by atoms with Crippen molar-refractivity contribution in [3.05, 3.63) is 6.33 Å². The molecule has 0 radical (unpaired) electrons. The van der Waals surface area contributed by atoms with E-state index >= 15 is 0 Å². The average Bonchev–Trinajstić information content (AvgIpc) is 2.73. The van der Waals surface area contributed by atoms with Gasteiger partial charge in [-0.25, -0.2) is 4.98 Å². The molecule has 19 heavy (non-hydrogen) atoms. The summed E-state index contributed by atoms with van der Waals surface area (Å²) in [5.41, 5.74) is 0.711. The van der Waals surface area contributed by atoms with Crippen LogP contribution >= 0.6 is 0 Å². The summed E-state index contributed by atoms with van der Waals surface area (Å²) in [5.74, 6) is 0.418. The van der Waals surface area contributed by atoms with Crippen LogP contribution in [0.25, 0.3) is 11.2 Å². The molecule has 2 N–H and O–H groups in total. The molecule has 0 unspecified atom stereocenters. The van der Waals surface area contributed by atoms with E-state index in [0.29, 0.717) is 17.7 Å². The molecule has 9 heteroatoms. The van der Waals surface area contributed by atoms with Crippen molar-refractivity contribution in [3.8, 4) is 0 Å². The number of halogens is 3. The van der Waals surface area contributed by atoms with Gasteiger partial charge in [-0.05, 0) is 6.92 Å². The number of nitrogens with zero attached hydrogens (tertiary/aromatic N) is 4. The molecule has 2 rings (SSSR count).